The fourth-order valence-corrected chi connectivity index (χ4v) is 1.62. The van der Waals surface area contributed by atoms with Crippen LogP contribution in [0.4, 0.5) is 5.82 Å². The van der Waals surface area contributed by atoms with Gasteiger partial charge in [-0.05, 0) is 25.5 Å². The zero-order valence-corrected chi connectivity index (χ0v) is 9.51. The highest BCUT2D eigenvalue weighted by molar-refractivity contribution is 5.55. The van der Waals surface area contributed by atoms with Crippen LogP contribution in [0, 0.1) is 6.92 Å². The van der Waals surface area contributed by atoms with Gasteiger partial charge in [0, 0.05) is 18.3 Å². The number of aryl methyl sites for hydroxylation is 1. The zero-order valence-electron chi connectivity index (χ0n) is 9.51. The van der Waals surface area contributed by atoms with Crippen molar-refractivity contribution in [3.63, 3.8) is 0 Å². The molecule has 0 aliphatic heterocycles. The van der Waals surface area contributed by atoms with Gasteiger partial charge in [0.1, 0.15) is 11.6 Å². The quantitative estimate of drug-likeness (QED) is 0.848. The van der Waals surface area contributed by atoms with Crippen molar-refractivity contribution in [3.05, 3.63) is 24.2 Å². The number of nitrogens with zero attached hydrogens (tertiary/aromatic N) is 4. The highest BCUT2D eigenvalue weighted by Gasteiger charge is 2.10. The number of nitrogen functional groups attached to an aromatic ring is 1. The number of rotatable bonds is 3. The number of pyridine rings is 1. The minimum atomic E-state index is 0.516. The molecule has 0 unspecified atom stereocenters. The van der Waals surface area contributed by atoms with Crippen molar-refractivity contribution in [1.82, 2.24) is 19.7 Å². The molecule has 0 spiro atoms. The lowest BCUT2D eigenvalue weighted by atomic mass is 10.2. The van der Waals surface area contributed by atoms with Crippen LogP contribution in [0.2, 0.25) is 0 Å². The van der Waals surface area contributed by atoms with Crippen LogP contribution in [0.5, 0.6) is 0 Å². The predicted octanol–water partition coefficient (Wildman–Crippen LogP) is 1.64. The maximum Gasteiger partial charge on any atom is 0.165 e. The SMILES string of the molecule is CCCn1c(C)nnc1-c1ccc(N)nc1. The van der Waals surface area contributed by atoms with Crippen LogP contribution in [0.1, 0.15) is 19.2 Å². The Morgan fingerprint density at radius 1 is 1.31 bits per heavy atom. The lowest BCUT2D eigenvalue weighted by molar-refractivity contribution is 0.663. The standard InChI is InChI=1S/C11H15N5/c1-3-6-16-8(2)14-15-11(16)9-4-5-10(12)13-7-9/h4-5,7H,3,6H2,1-2H3,(H2,12,13). The maximum absolute atomic E-state index is 5.55. The van der Waals surface area contributed by atoms with Crippen LogP contribution in [0.3, 0.4) is 0 Å². The largest absolute Gasteiger partial charge is 0.384 e. The summed E-state index contributed by atoms with van der Waals surface area (Å²) in [7, 11) is 0. The van der Waals surface area contributed by atoms with Gasteiger partial charge in [-0.1, -0.05) is 6.92 Å². The minimum absolute atomic E-state index is 0.516. The average molecular weight is 217 g/mol. The van der Waals surface area contributed by atoms with Gasteiger partial charge >= 0.3 is 0 Å². The van der Waals surface area contributed by atoms with Gasteiger partial charge in [-0.15, -0.1) is 10.2 Å². The van der Waals surface area contributed by atoms with Crippen molar-refractivity contribution >= 4 is 5.82 Å². The Hall–Kier alpha value is -1.91. The van der Waals surface area contributed by atoms with Crippen molar-refractivity contribution < 1.29 is 0 Å². The van der Waals surface area contributed by atoms with Crippen molar-refractivity contribution in [2.45, 2.75) is 26.8 Å². The Morgan fingerprint density at radius 2 is 2.12 bits per heavy atom. The molecule has 2 N–H and O–H groups in total. The molecule has 2 aromatic rings. The smallest absolute Gasteiger partial charge is 0.165 e. The molecule has 0 aromatic carbocycles. The Bertz CT molecular complexity index is 472. The Balaban J connectivity index is 2.43. The molecule has 0 fully saturated rings. The zero-order chi connectivity index (χ0) is 11.5. The molecule has 84 valence electrons. The second-order valence-corrected chi connectivity index (χ2v) is 3.69. The summed E-state index contributed by atoms with van der Waals surface area (Å²) in [6.07, 6.45) is 2.78. The van der Waals surface area contributed by atoms with Gasteiger partial charge < -0.3 is 10.3 Å². The molecule has 0 saturated carbocycles. The van der Waals surface area contributed by atoms with E-state index < -0.39 is 0 Å². The van der Waals surface area contributed by atoms with E-state index in [0.717, 1.165) is 30.2 Å². The molecule has 0 saturated heterocycles. The van der Waals surface area contributed by atoms with E-state index in [-0.39, 0.29) is 0 Å². The predicted molar refractivity (Wildman–Crippen MR) is 62.7 cm³/mol. The summed E-state index contributed by atoms with van der Waals surface area (Å²) in [6.45, 7) is 5.00. The number of hydrogen-bond donors (Lipinski definition) is 1. The second kappa shape index (κ2) is 4.30. The van der Waals surface area contributed by atoms with E-state index in [9.17, 15) is 0 Å². The van der Waals surface area contributed by atoms with E-state index in [2.05, 4.69) is 26.7 Å². The van der Waals surface area contributed by atoms with Crippen LogP contribution in [0.25, 0.3) is 11.4 Å². The summed E-state index contributed by atoms with van der Waals surface area (Å²) in [6, 6.07) is 3.69. The minimum Gasteiger partial charge on any atom is -0.384 e. The lowest BCUT2D eigenvalue weighted by Crippen LogP contribution is -2.02. The van der Waals surface area contributed by atoms with Crippen LogP contribution in [-0.2, 0) is 6.54 Å². The van der Waals surface area contributed by atoms with Crippen molar-refractivity contribution in [3.8, 4) is 11.4 Å². The van der Waals surface area contributed by atoms with Gasteiger partial charge in [0.2, 0.25) is 0 Å². The first kappa shape index (κ1) is 10.6. The summed E-state index contributed by atoms with van der Waals surface area (Å²) in [4.78, 5) is 4.06. The monoisotopic (exact) mass is 217 g/mol. The number of aromatic nitrogens is 4. The van der Waals surface area contributed by atoms with Crippen molar-refractivity contribution in [1.29, 1.82) is 0 Å². The van der Waals surface area contributed by atoms with E-state index in [4.69, 9.17) is 5.73 Å². The number of hydrogen-bond acceptors (Lipinski definition) is 4. The summed E-state index contributed by atoms with van der Waals surface area (Å²) in [5.74, 6) is 2.29. The first-order chi connectivity index (χ1) is 7.72. The molecule has 5 heteroatoms. The Kier molecular flexibility index (Phi) is 2.85. The molecule has 2 rings (SSSR count). The van der Waals surface area contributed by atoms with Crippen LogP contribution in [-0.4, -0.2) is 19.7 Å². The van der Waals surface area contributed by atoms with E-state index in [0.29, 0.717) is 5.82 Å². The molecule has 0 aliphatic carbocycles. The first-order valence-corrected chi connectivity index (χ1v) is 5.34. The second-order valence-electron chi connectivity index (χ2n) is 3.69. The molecular weight excluding hydrogens is 202 g/mol. The van der Waals surface area contributed by atoms with E-state index in [1.54, 1.807) is 12.3 Å². The van der Waals surface area contributed by atoms with E-state index in [1.165, 1.54) is 0 Å². The highest BCUT2D eigenvalue weighted by Crippen LogP contribution is 2.18. The third kappa shape index (κ3) is 1.88. The molecule has 16 heavy (non-hydrogen) atoms. The van der Waals surface area contributed by atoms with Gasteiger partial charge in [0.05, 0.1) is 0 Å². The highest BCUT2D eigenvalue weighted by atomic mass is 15.3. The molecule has 0 radical (unpaired) electrons. The molecule has 2 heterocycles. The van der Waals surface area contributed by atoms with Gasteiger partial charge in [0.15, 0.2) is 5.82 Å². The molecule has 0 bridgehead atoms. The summed E-state index contributed by atoms with van der Waals surface area (Å²) in [5.41, 5.74) is 6.50. The summed E-state index contributed by atoms with van der Waals surface area (Å²) >= 11 is 0. The molecule has 0 atom stereocenters. The van der Waals surface area contributed by atoms with Gasteiger partial charge in [-0.25, -0.2) is 4.98 Å². The molecule has 0 aliphatic rings. The van der Waals surface area contributed by atoms with Crippen LogP contribution in [0.15, 0.2) is 18.3 Å². The molecule has 2 aromatic heterocycles. The Morgan fingerprint density at radius 3 is 2.75 bits per heavy atom. The lowest BCUT2D eigenvalue weighted by Gasteiger charge is -2.06. The number of nitrogens with two attached hydrogens (primary N) is 1. The third-order valence-corrected chi connectivity index (χ3v) is 2.43. The van der Waals surface area contributed by atoms with Gasteiger partial charge in [-0.3, -0.25) is 0 Å². The van der Waals surface area contributed by atoms with Crippen LogP contribution >= 0.6 is 0 Å². The average Bonchev–Trinajstić information content (AvgIpc) is 2.63. The van der Waals surface area contributed by atoms with Crippen molar-refractivity contribution in [2.24, 2.45) is 0 Å². The fourth-order valence-electron chi connectivity index (χ4n) is 1.62. The van der Waals surface area contributed by atoms with Crippen LogP contribution < -0.4 is 5.73 Å². The number of anilines is 1. The maximum atomic E-state index is 5.55. The van der Waals surface area contributed by atoms with Crippen molar-refractivity contribution in [2.75, 3.05) is 5.73 Å². The summed E-state index contributed by atoms with van der Waals surface area (Å²) < 4.78 is 2.09. The van der Waals surface area contributed by atoms with Gasteiger partial charge in [-0.2, -0.15) is 0 Å². The topological polar surface area (TPSA) is 69.6 Å². The van der Waals surface area contributed by atoms with Gasteiger partial charge in [0.25, 0.3) is 0 Å². The fraction of sp³-hybridized carbons (Fsp3) is 0.364. The molecular formula is C11H15N5. The summed E-state index contributed by atoms with van der Waals surface area (Å²) in [5, 5.41) is 8.25. The first-order valence-electron chi connectivity index (χ1n) is 5.34. The van der Waals surface area contributed by atoms with E-state index >= 15 is 0 Å². The Labute approximate surface area is 94.3 Å². The van der Waals surface area contributed by atoms with E-state index in [1.807, 2.05) is 13.0 Å². The normalized spacial score (nSPS) is 10.6. The molecule has 0 amide bonds. The third-order valence-electron chi connectivity index (χ3n) is 2.43. The molecule has 5 nitrogen and oxygen atoms in total.